The SMILES string of the molecule is CCNCc1cnc(C)cc1N1CC(C)SC(C)C1. The number of anilines is 1. The summed E-state index contributed by atoms with van der Waals surface area (Å²) in [6, 6.07) is 2.24. The van der Waals surface area contributed by atoms with E-state index >= 15 is 0 Å². The van der Waals surface area contributed by atoms with Gasteiger partial charge < -0.3 is 10.2 Å². The molecular weight excluding hydrogens is 254 g/mol. The normalized spacial score (nSPS) is 23.7. The average molecular weight is 279 g/mol. The van der Waals surface area contributed by atoms with Crippen molar-refractivity contribution in [2.45, 2.75) is 44.7 Å². The zero-order chi connectivity index (χ0) is 13.8. The number of hydrogen-bond acceptors (Lipinski definition) is 4. The lowest BCUT2D eigenvalue weighted by atomic mass is 10.1. The molecule has 1 aromatic heterocycles. The van der Waals surface area contributed by atoms with E-state index in [1.807, 2.05) is 6.20 Å². The predicted molar refractivity (Wildman–Crippen MR) is 85.1 cm³/mol. The molecule has 0 aromatic carbocycles. The number of nitrogens with zero attached hydrogens (tertiary/aromatic N) is 2. The van der Waals surface area contributed by atoms with Crippen LogP contribution in [-0.2, 0) is 6.54 Å². The van der Waals surface area contributed by atoms with Crippen molar-refractivity contribution in [3.63, 3.8) is 0 Å². The maximum Gasteiger partial charge on any atom is 0.0446 e. The largest absolute Gasteiger partial charge is 0.369 e. The first kappa shape index (κ1) is 14.7. The highest BCUT2D eigenvalue weighted by atomic mass is 32.2. The summed E-state index contributed by atoms with van der Waals surface area (Å²) in [4.78, 5) is 6.99. The van der Waals surface area contributed by atoms with Crippen LogP contribution in [0, 0.1) is 6.92 Å². The molecule has 19 heavy (non-hydrogen) atoms. The van der Waals surface area contributed by atoms with Gasteiger partial charge in [0.05, 0.1) is 0 Å². The molecule has 1 saturated heterocycles. The molecule has 2 unspecified atom stereocenters. The maximum atomic E-state index is 4.45. The second-order valence-electron chi connectivity index (χ2n) is 5.40. The molecule has 2 atom stereocenters. The average Bonchev–Trinajstić information content (AvgIpc) is 2.36. The molecule has 1 aliphatic rings. The Morgan fingerprint density at radius 2 is 2.05 bits per heavy atom. The molecule has 2 heterocycles. The van der Waals surface area contributed by atoms with E-state index in [-0.39, 0.29) is 0 Å². The minimum absolute atomic E-state index is 0.698. The minimum atomic E-state index is 0.698. The van der Waals surface area contributed by atoms with Crippen molar-refractivity contribution >= 4 is 17.4 Å². The molecule has 1 aliphatic heterocycles. The Morgan fingerprint density at radius 1 is 1.37 bits per heavy atom. The van der Waals surface area contributed by atoms with Gasteiger partial charge in [-0.15, -0.1) is 0 Å². The van der Waals surface area contributed by atoms with Crippen LogP contribution in [0.1, 0.15) is 32.0 Å². The summed E-state index contributed by atoms with van der Waals surface area (Å²) in [5.41, 5.74) is 3.79. The summed E-state index contributed by atoms with van der Waals surface area (Å²) in [5, 5.41) is 4.81. The van der Waals surface area contributed by atoms with Crippen LogP contribution in [0.3, 0.4) is 0 Å². The molecule has 4 heteroatoms. The van der Waals surface area contributed by atoms with Crippen LogP contribution in [0.2, 0.25) is 0 Å². The second-order valence-corrected chi connectivity index (χ2v) is 7.28. The molecular formula is C15H25N3S. The highest BCUT2D eigenvalue weighted by molar-refractivity contribution is 8.00. The molecule has 1 fully saturated rings. The Labute approximate surface area is 121 Å². The smallest absolute Gasteiger partial charge is 0.0446 e. The molecule has 1 aromatic rings. The van der Waals surface area contributed by atoms with Gasteiger partial charge in [-0.05, 0) is 19.5 Å². The minimum Gasteiger partial charge on any atom is -0.369 e. The first-order valence-electron chi connectivity index (χ1n) is 7.16. The van der Waals surface area contributed by atoms with Crippen LogP contribution in [-0.4, -0.2) is 35.1 Å². The lowest BCUT2D eigenvalue weighted by Gasteiger charge is -2.37. The maximum absolute atomic E-state index is 4.45. The fourth-order valence-corrected chi connectivity index (χ4v) is 3.96. The van der Waals surface area contributed by atoms with E-state index in [4.69, 9.17) is 0 Å². The van der Waals surface area contributed by atoms with E-state index in [0.29, 0.717) is 10.5 Å². The van der Waals surface area contributed by atoms with Crippen molar-refractivity contribution in [1.82, 2.24) is 10.3 Å². The topological polar surface area (TPSA) is 28.2 Å². The van der Waals surface area contributed by atoms with Gasteiger partial charge in [-0.25, -0.2) is 0 Å². The number of aryl methyl sites for hydroxylation is 1. The van der Waals surface area contributed by atoms with Gasteiger partial charge in [0.2, 0.25) is 0 Å². The molecule has 0 spiro atoms. The molecule has 2 rings (SSSR count). The molecule has 3 nitrogen and oxygen atoms in total. The van der Waals surface area contributed by atoms with Crippen LogP contribution in [0.5, 0.6) is 0 Å². The lowest BCUT2D eigenvalue weighted by Crippen LogP contribution is -2.41. The van der Waals surface area contributed by atoms with Gasteiger partial charge >= 0.3 is 0 Å². The van der Waals surface area contributed by atoms with Gasteiger partial charge in [0, 0.05) is 53.3 Å². The molecule has 0 bridgehead atoms. The standard InChI is InChI=1S/C15H25N3S/c1-5-16-7-14-8-17-11(2)6-15(14)18-9-12(3)19-13(4)10-18/h6,8,12-13,16H,5,7,9-10H2,1-4H3. The van der Waals surface area contributed by atoms with E-state index in [2.05, 4.69) is 60.7 Å². The Bertz CT molecular complexity index is 412. The Kier molecular flexibility index (Phi) is 5.11. The Morgan fingerprint density at radius 3 is 2.68 bits per heavy atom. The quantitative estimate of drug-likeness (QED) is 0.917. The molecule has 0 saturated carbocycles. The summed E-state index contributed by atoms with van der Waals surface area (Å²) in [6.07, 6.45) is 2.03. The first-order valence-corrected chi connectivity index (χ1v) is 8.11. The monoisotopic (exact) mass is 279 g/mol. The number of aromatic nitrogens is 1. The second kappa shape index (κ2) is 6.62. The fourth-order valence-electron chi connectivity index (χ4n) is 2.64. The molecule has 0 amide bonds. The number of rotatable bonds is 4. The third-order valence-corrected chi connectivity index (χ3v) is 4.65. The van der Waals surface area contributed by atoms with Crippen molar-refractivity contribution in [1.29, 1.82) is 0 Å². The van der Waals surface area contributed by atoms with Gasteiger partial charge in [0.1, 0.15) is 0 Å². The van der Waals surface area contributed by atoms with Crippen LogP contribution in [0.25, 0.3) is 0 Å². The summed E-state index contributed by atoms with van der Waals surface area (Å²) in [7, 11) is 0. The third-order valence-electron chi connectivity index (χ3n) is 3.42. The molecule has 0 aliphatic carbocycles. The summed E-state index contributed by atoms with van der Waals surface area (Å²) in [5.74, 6) is 0. The van der Waals surface area contributed by atoms with E-state index in [1.54, 1.807) is 0 Å². The van der Waals surface area contributed by atoms with Gasteiger partial charge in [-0.1, -0.05) is 20.8 Å². The van der Waals surface area contributed by atoms with Crippen molar-refractivity contribution in [3.8, 4) is 0 Å². The number of nitrogens with one attached hydrogen (secondary N) is 1. The van der Waals surface area contributed by atoms with Gasteiger partial charge in [0.25, 0.3) is 0 Å². The van der Waals surface area contributed by atoms with Crippen molar-refractivity contribution in [2.24, 2.45) is 0 Å². The van der Waals surface area contributed by atoms with Crippen molar-refractivity contribution in [2.75, 3.05) is 24.5 Å². The van der Waals surface area contributed by atoms with E-state index in [1.165, 1.54) is 11.3 Å². The first-order chi connectivity index (χ1) is 9.10. The summed E-state index contributed by atoms with van der Waals surface area (Å²) < 4.78 is 0. The van der Waals surface area contributed by atoms with Crippen LogP contribution in [0.15, 0.2) is 12.3 Å². The number of pyridine rings is 1. The highest BCUT2D eigenvalue weighted by Gasteiger charge is 2.24. The summed E-state index contributed by atoms with van der Waals surface area (Å²) >= 11 is 2.09. The Hall–Kier alpha value is -0.740. The van der Waals surface area contributed by atoms with E-state index in [9.17, 15) is 0 Å². The van der Waals surface area contributed by atoms with Crippen molar-refractivity contribution in [3.05, 3.63) is 23.5 Å². The van der Waals surface area contributed by atoms with Gasteiger partial charge in [-0.3, -0.25) is 4.98 Å². The fraction of sp³-hybridized carbons (Fsp3) is 0.667. The van der Waals surface area contributed by atoms with Crippen LogP contribution >= 0.6 is 11.8 Å². The molecule has 0 radical (unpaired) electrons. The number of thioether (sulfide) groups is 1. The van der Waals surface area contributed by atoms with Crippen LogP contribution in [0.4, 0.5) is 5.69 Å². The molecule has 106 valence electrons. The predicted octanol–water partition coefficient (Wildman–Crippen LogP) is 2.83. The van der Waals surface area contributed by atoms with E-state index < -0.39 is 0 Å². The van der Waals surface area contributed by atoms with E-state index in [0.717, 1.165) is 31.9 Å². The lowest BCUT2D eigenvalue weighted by molar-refractivity contribution is 0.697. The zero-order valence-electron chi connectivity index (χ0n) is 12.4. The third kappa shape index (κ3) is 3.86. The van der Waals surface area contributed by atoms with Gasteiger partial charge in [-0.2, -0.15) is 11.8 Å². The summed E-state index contributed by atoms with van der Waals surface area (Å²) in [6.45, 7) is 13.0. The Balaban J connectivity index is 2.23. The molecule has 1 N–H and O–H groups in total. The zero-order valence-corrected chi connectivity index (χ0v) is 13.3. The number of hydrogen-bond donors (Lipinski definition) is 1. The van der Waals surface area contributed by atoms with Gasteiger partial charge in [0.15, 0.2) is 0 Å². The van der Waals surface area contributed by atoms with Crippen molar-refractivity contribution < 1.29 is 0 Å². The van der Waals surface area contributed by atoms with Crippen LogP contribution < -0.4 is 10.2 Å². The highest BCUT2D eigenvalue weighted by Crippen LogP contribution is 2.30.